The predicted octanol–water partition coefficient (Wildman–Crippen LogP) is 3.01. The molecule has 7 heteroatoms. The van der Waals surface area contributed by atoms with Gasteiger partial charge in [-0.3, -0.25) is 4.79 Å². The average molecular weight is 389 g/mol. The number of phenols is 1. The highest BCUT2D eigenvalue weighted by molar-refractivity contribution is 14.1. The maximum atomic E-state index is 11.9. The van der Waals surface area contributed by atoms with E-state index in [9.17, 15) is 14.7 Å². The Morgan fingerprint density at radius 3 is 2.53 bits per heavy atom. The standard InChI is InChI=1S/C12H8INO4S/c13-7-2-1-6(5-8(7)15)11(16)14-10-4-3-9(19-10)12(17)18/h1-5,15H,(H,14,16)(H,17,18). The number of carboxylic acid groups (broad SMARTS) is 1. The van der Waals surface area contributed by atoms with Gasteiger partial charge in [0.05, 0.1) is 8.57 Å². The second-order valence-corrected chi connectivity index (χ2v) is 5.84. The van der Waals surface area contributed by atoms with Crippen molar-refractivity contribution in [1.29, 1.82) is 0 Å². The zero-order valence-electron chi connectivity index (χ0n) is 9.38. The van der Waals surface area contributed by atoms with Crippen molar-refractivity contribution in [3.8, 4) is 5.75 Å². The van der Waals surface area contributed by atoms with Crippen LogP contribution >= 0.6 is 33.9 Å². The van der Waals surface area contributed by atoms with Gasteiger partial charge in [0.1, 0.15) is 10.6 Å². The molecule has 19 heavy (non-hydrogen) atoms. The lowest BCUT2D eigenvalue weighted by Crippen LogP contribution is -2.10. The summed E-state index contributed by atoms with van der Waals surface area (Å²) >= 11 is 2.93. The minimum Gasteiger partial charge on any atom is -0.507 e. The van der Waals surface area contributed by atoms with Crippen LogP contribution in [0.2, 0.25) is 0 Å². The molecule has 5 nitrogen and oxygen atoms in total. The molecule has 0 aliphatic carbocycles. The molecule has 98 valence electrons. The molecule has 0 aliphatic heterocycles. The SMILES string of the molecule is O=C(Nc1ccc(C(=O)O)s1)c1ccc(I)c(O)c1. The summed E-state index contributed by atoms with van der Waals surface area (Å²) in [7, 11) is 0. The summed E-state index contributed by atoms with van der Waals surface area (Å²) in [6.07, 6.45) is 0. The molecule has 0 bridgehead atoms. The summed E-state index contributed by atoms with van der Waals surface area (Å²) in [6.45, 7) is 0. The number of aromatic carboxylic acids is 1. The van der Waals surface area contributed by atoms with E-state index >= 15 is 0 Å². The Labute approximate surface area is 126 Å². The third kappa shape index (κ3) is 3.24. The number of amides is 1. The molecule has 0 saturated carbocycles. The summed E-state index contributed by atoms with van der Waals surface area (Å²) in [5.74, 6) is -1.39. The lowest BCUT2D eigenvalue weighted by Gasteiger charge is -2.04. The molecule has 3 N–H and O–H groups in total. The Kier molecular flexibility index (Phi) is 4.05. The van der Waals surface area contributed by atoms with Crippen LogP contribution in [0.5, 0.6) is 5.75 Å². The number of nitrogens with one attached hydrogen (secondary N) is 1. The number of benzene rings is 1. The topological polar surface area (TPSA) is 86.6 Å². The van der Waals surface area contributed by atoms with Crippen molar-refractivity contribution >= 4 is 50.8 Å². The number of hydrogen-bond donors (Lipinski definition) is 3. The number of halogens is 1. The van der Waals surface area contributed by atoms with Crippen molar-refractivity contribution in [2.24, 2.45) is 0 Å². The first-order valence-electron chi connectivity index (χ1n) is 5.10. The van der Waals surface area contributed by atoms with Crippen LogP contribution in [0.1, 0.15) is 20.0 Å². The highest BCUT2D eigenvalue weighted by Crippen LogP contribution is 2.24. The second-order valence-electron chi connectivity index (χ2n) is 3.59. The highest BCUT2D eigenvalue weighted by atomic mass is 127. The van der Waals surface area contributed by atoms with Crippen LogP contribution in [-0.2, 0) is 0 Å². The quantitative estimate of drug-likeness (QED) is 0.705. The number of carboxylic acids is 1. The van der Waals surface area contributed by atoms with Crippen LogP contribution in [0.25, 0.3) is 0 Å². The largest absolute Gasteiger partial charge is 0.507 e. The molecule has 0 unspecified atom stereocenters. The van der Waals surface area contributed by atoms with E-state index in [1.807, 2.05) is 22.6 Å². The fourth-order valence-electron chi connectivity index (χ4n) is 1.36. The average Bonchev–Trinajstić information content (AvgIpc) is 2.81. The van der Waals surface area contributed by atoms with E-state index in [0.717, 1.165) is 11.3 Å². The van der Waals surface area contributed by atoms with Gasteiger partial charge in [0, 0.05) is 5.56 Å². The molecule has 2 rings (SSSR count). The Bertz CT molecular complexity index is 653. The maximum absolute atomic E-state index is 11.9. The van der Waals surface area contributed by atoms with Gasteiger partial charge in [0.2, 0.25) is 0 Å². The Balaban J connectivity index is 2.15. The number of phenolic OH excluding ortho intramolecular Hbond substituents is 1. The van der Waals surface area contributed by atoms with E-state index in [2.05, 4.69) is 5.32 Å². The molecule has 0 aliphatic rings. The van der Waals surface area contributed by atoms with Crippen LogP contribution in [0.3, 0.4) is 0 Å². The van der Waals surface area contributed by atoms with E-state index in [1.165, 1.54) is 18.2 Å². The summed E-state index contributed by atoms with van der Waals surface area (Å²) in [5, 5.41) is 21.3. The zero-order valence-corrected chi connectivity index (χ0v) is 12.4. The summed E-state index contributed by atoms with van der Waals surface area (Å²) in [4.78, 5) is 22.8. The first-order chi connectivity index (χ1) is 8.97. The summed E-state index contributed by atoms with van der Waals surface area (Å²) in [5.41, 5.74) is 0.309. The molecule has 1 heterocycles. The third-order valence-corrected chi connectivity index (χ3v) is 4.16. The molecule has 0 atom stereocenters. The van der Waals surface area contributed by atoms with Crippen molar-refractivity contribution in [3.05, 3.63) is 44.3 Å². The van der Waals surface area contributed by atoms with Gasteiger partial charge in [-0.15, -0.1) is 11.3 Å². The third-order valence-electron chi connectivity index (χ3n) is 2.26. The Hall–Kier alpha value is -1.61. The lowest BCUT2D eigenvalue weighted by molar-refractivity contribution is 0.0702. The molecule has 1 aromatic carbocycles. The van der Waals surface area contributed by atoms with Crippen molar-refractivity contribution in [2.45, 2.75) is 0 Å². The van der Waals surface area contributed by atoms with Gasteiger partial charge < -0.3 is 15.5 Å². The van der Waals surface area contributed by atoms with Crippen molar-refractivity contribution in [1.82, 2.24) is 0 Å². The first-order valence-corrected chi connectivity index (χ1v) is 7.00. The molecular weight excluding hydrogens is 381 g/mol. The number of carbonyl (C=O) groups excluding carboxylic acids is 1. The molecule has 2 aromatic rings. The normalized spacial score (nSPS) is 10.2. The molecule has 0 radical (unpaired) electrons. The van der Waals surface area contributed by atoms with E-state index in [4.69, 9.17) is 5.11 Å². The number of carbonyl (C=O) groups is 2. The van der Waals surface area contributed by atoms with Gasteiger partial charge in [0.25, 0.3) is 5.91 Å². The van der Waals surface area contributed by atoms with E-state index in [1.54, 1.807) is 12.1 Å². The van der Waals surface area contributed by atoms with Crippen molar-refractivity contribution in [2.75, 3.05) is 5.32 Å². The van der Waals surface area contributed by atoms with Crippen LogP contribution in [0.15, 0.2) is 30.3 Å². The lowest BCUT2D eigenvalue weighted by atomic mass is 10.2. The number of hydrogen-bond acceptors (Lipinski definition) is 4. The fourth-order valence-corrected chi connectivity index (χ4v) is 2.43. The number of thiophene rings is 1. The first kappa shape index (κ1) is 13.8. The van der Waals surface area contributed by atoms with Gasteiger partial charge in [-0.25, -0.2) is 4.79 Å². The maximum Gasteiger partial charge on any atom is 0.345 e. The Morgan fingerprint density at radius 2 is 1.95 bits per heavy atom. The monoisotopic (exact) mass is 389 g/mol. The molecule has 0 fully saturated rings. The van der Waals surface area contributed by atoms with E-state index < -0.39 is 11.9 Å². The summed E-state index contributed by atoms with van der Waals surface area (Å²) < 4.78 is 0.651. The molecule has 0 saturated heterocycles. The molecular formula is C12H8INO4S. The van der Waals surface area contributed by atoms with E-state index in [0.29, 0.717) is 14.1 Å². The summed E-state index contributed by atoms with van der Waals surface area (Å²) in [6, 6.07) is 7.53. The Morgan fingerprint density at radius 1 is 1.21 bits per heavy atom. The van der Waals surface area contributed by atoms with Gasteiger partial charge in [-0.05, 0) is 52.9 Å². The minimum atomic E-state index is -1.03. The van der Waals surface area contributed by atoms with Crippen LogP contribution in [0.4, 0.5) is 5.00 Å². The fraction of sp³-hybridized carbons (Fsp3) is 0. The smallest absolute Gasteiger partial charge is 0.345 e. The van der Waals surface area contributed by atoms with Gasteiger partial charge in [-0.1, -0.05) is 0 Å². The molecule has 0 spiro atoms. The van der Waals surface area contributed by atoms with Gasteiger partial charge in [-0.2, -0.15) is 0 Å². The highest BCUT2D eigenvalue weighted by Gasteiger charge is 2.12. The number of anilines is 1. The van der Waals surface area contributed by atoms with Crippen molar-refractivity contribution < 1.29 is 19.8 Å². The molecule has 1 aromatic heterocycles. The van der Waals surface area contributed by atoms with Gasteiger partial charge in [0.15, 0.2) is 0 Å². The number of aromatic hydroxyl groups is 1. The van der Waals surface area contributed by atoms with Crippen LogP contribution in [-0.4, -0.2) is 22.1 Å². The van der Waals surface area contributed by atoms with Crippen molar-refractivity contribution in [3.63, 3.8) is 0 Å². The minimum absolute atomic E-state index is 0.0330. The predicted molar refractivity (Wildman–Crippen MR) is 80.1 cm³/mol. The second kappa shape index (κ2) is 5.57. The van der Waals surface area contributed by atoms with E-state index in [-0.39, 0.29) is 10.6 Å². The van der Waals surface area contributed by atoms with Crippen LogP contribution in [0, 0.1) is 3.57 Å². The number of rotatable bonds is 3. The van der Waals surface area contributed by atoms with Gasteiger partial charge >= 0.3 is 5.97 Å². The molecule has 1 amide bonds. The zero-order chi connectivity index (χ0) is 14.0. The van der Waals surface area contributed by atoms with Crippen LogP contribution < -0.4 is 5.32 Å².